The molecule has 0 radical (unpaired) electrons. The molecule has 0 unspecified atom stereocenters. The average Bonchev–Trinajstić information content (AvgIpc) is 2.42. The molecular weight excluding hydrogens is 268 g/mol. The van der Waals surface area contributed by atoms with Gasteiger partial charge in [0.1, 0.15) is 0 Å². The van der Waals surface area contributed by atoms with E-state index in [-0.39, 0.29) is 5.91 Å². The number of anilines is 2. The summed E-state index contributed by atoms with van der Waals surface area (Å²) < 4.78 is 0. The molecule has 0 saturated heterocycles. The minimum Gasteiger partial charge on any atom is -0.399 e. The molecule has 2 aromatic carbocycles. The van der Waals surface area contributed by atoms with E-state index in [1.807, 2.05) is 56.3 Å². The molecule has 20 heavy (non-hydrogen) atoms. The first-order valence-corrected chi connectivity index (χ1v) is 7.38. The third kappa shape index (κ3) is 4.03. The molecule has 0 aliphatic rings. The van der Waals surface area contributed by atoms with Gasteiger partial charge in [-0.1, -0.05) is 12.1 Å². The van der Waals surface area contributed by atoms with Crippen LogP contribution in [0.15, 0.2) is 47.4 Å². The van der Waals surface area contributed by atoms with Crippen molar-refractivity contribution in [1.29, 1.82) is 0 Å². The number of benzene rings is 2. The number of nitrogens with one attached hydrogen (secondary N) is 1. The van der Waals surface area contributed by atoms with Crippen LogP contribution in [0.25, 0.3) is 0 Å². The van der Waals surface area contributed by atoms with Gasteiger partial charge in [-0.25, -0.2) is 0 Å². The first-order chi connectivity index (χ1) is 9.54. The Morgan fingerprint density at radius 1 is 1.15 bits per heavy atom. The van der Waals surface area contributed by atoms with E-state index >= 15 is 0 Å². The molecule has 104 valence electrons. The van der Waals surface area contributed by atoms with Gasteiger partial charge in [-0.2, -0.15) is 0 Å². The lowest BCUT2D eigenvalue weighted by Gasteiger charge is -2.09. The molecule has 3 nitrogen and oxygen atoms in total. The summed E-state index contributed by atoms with van der Waals surface area (Å²) in [6.07, 6.45) is 0. The highest BCUT2D eigenvalue weighted by Crippen LogP contribution is 2.20. The minimum atomic E-state index is 0.000486. The van der Waals surface area contributed by atoms with Gasteiger partial charge in [0.25, 0.3) is 0 Å². The molecule has 0 atom stereocenters. The molecule has 0 spiro atoms. The van der Waals surface area contributed by atoms with Gasteiger partial charge in [0, 0.05) is 16.3 Å². The van der Waals surface area contributed by atoms with E-state index in [9.17, 15) is 4.79 Å². The van der Waals surface area contributed by atoms with Crippen LogP contribution in [0.5, 0.6) is 0 Å². The van der Waals surface area contributed by atoms with Crippen molar-refractivity contribution in [2.45, 2.75) is 18.7 Å². The van der Waals surface area contributed by atoms with E-state index in [1.165, 1.54) is 11.8 Å². The highest BCUT2D eigenvalue weighted by atomic mass is 32.2. The van der Waals surface area contributed by atoms with E-state index in [0.29, 0.717) is 5.75 Å². The monoisotopic (exact) mass is 286 g/mol. The molecule has 2 aromatic rings. The first kappa shape index (κ1) is 14.5. The second-order valence-electron chi connectivity index (χ2n) is 4.72. The van der Waals surface area contributed by atoms with E-state index in [4.69, 9.17) is 5.73 Å². The molecule has 0 aliphatic heterocycles. The normalized spacial score (nSPS) is 10.3. The van der Waals surface area contributed by atoms with E-state index < -0.39 is 0 Å². The summed E-state index contributed by atoms with van der Waals surface area (Å²) in [5.74, 6) is 0.387. The fourth-order valence-electron chi connectivity index (χ4n) is 1.77. The number of thioether (sulfide) groups is 1. The standard InChI is InChI=1S/C16H18N2OS/c1-11-3-4-12(2)15(9-11)18-16(19)10-20-14-7-5-13(17)6-8-14/h3-9H,10,17H2,1-2H3,(H,18,19). The van der Waals surface area contributed by atoms with Crippen LogP contribution in [0, 0.1) is 13.8 Å². The van der Waals surface area contributed by atoms with Gasteiger partial charge in [0.15, 0.2) is 0 Å². The first-order valence-electron chi connectivity index (χ1n) is 6.40. The zero-order valence-electron chi connectivity index (χ0n) is 11.6. The number of amides is 1. The van der Waals surface area contributed by atoms with Crippen molar-refractivity contribution < 1.29 is 4.79 Å². The Morgan fingerprint density at radius 2 is 1.85 bits per heavy atom. The summed E-state index contributed by atoms with van der Waals surface area (Å²) in [5.41, 5.74) is 9.45. The molecule has 4 heteroatoms. The van der Waals surface area contributed by atoms with Crippen LogP contribution in [-0.2, 0) is 4.79 Å². The Hall–Kier alpha value is -1.94. The number of rotatable bonds is 4. The second-order valence-corrected chi connectivity index (χ2v) is 5.77. The van der Waals surface area contributed by atoms with Gasteiger partial charge in [0.2, 0.25) is 5.91 Å². The van der Waals surface area contributed by atoms with Crippen LogP contribution in [0.1, 0.15) is 11.1 Å². The third-order valence-electron chi connectivity index (χ3n) is 2.92. The molecular formula is C16H18N2OS. The van der Waals surface area contributed by atoms with Gasteiger partial charge in [-0.3, -0.25) is 4.79 Å². The van der Waals surface area contributed by atoms with Crippen LogP contribution >= 0.6 is 11.8 Å². The number of hydrogen-bond donors (Lipinski definition) is 2. The summed E-state index contributed by atoms with van der Waals surface area (Å²) in [7, 11) is 0. The van der Waals surface area contributed by atoms with Crippen molar-refractivity contribution in [1.82, 2.24) is 0 Å². The van der Waals surface area contributed by atoms with Crippen molar-refractivity contribution in [2.24, 2.45) is 0 Å². The lowest BCUT2D eigenvalue weighted by atomic mass is 10.1. The molecule has 0 aliphatic carbocycles. The Bertz CT molecular complexity index is 608. The Morgan fingerprint density at radius 3 is 2.55 bits per heavy atom. The Kier molecular flexibility index (Phi) is 4.69. The summed E-state index contributed by atoms with van der Waals surface area (Å²) in [6.45, 7) is 4.00. The average molecular weight is 286 g/mol. The SMILES string of the molecule is Cc1ccc(C)c(NC(=O)CSc2ccc(N)cc2)c1. The smallest absolute Gasteiger partial charge is 0.234 e. The molecule has 1 amide bonds. The van der Waals surface area contributed by atoms with Gasteiger partial charge in [-0.05, 0) is 55.3 Å². The van der Waals surface area contributed by atoms with Crippen LogP contribution in [0.4, 0.5) is 11.4 Å². The number of carbonyl (C=O) groups excluding carboxylic acids is 1. The van der Waals surface area contributed by atoms with Gasteiger partial charge in [0.05, 0.1) is 5.75 Å². The third-order valence-corrected chi connectivity index (χ3v) is 3.93. The molecule has 0 bridgehead atoms. The molecule has 0 saturated carbocycles. The zero-order chi connectivity index (χ0) is 14.5. The quantitative estimate of drug-likeness (QED) is 0.667. The van der Waals surface area contributed by atoms with Gasteiger partial charge in [-0.15, -0.1) is 11.8 Å². The highest BCUT2D eigenvalue weighted by Gasteiger charge is 2.06. The number of hydrogen-bond acceptors (Lipinski definition) is 3. The maximum absolute atomic E-state index is 12.0. The molecule has 2 rings (SSSR count). The maximum atomic E-state index is 12.0. The van der Waals surface area contributed by atoms with Crippen LogP contribution in [-0.4, -0.2) is 11.7 Å². The number of aryl methyl sites for hydroxylation is 2. The zero-order valence-corrected chi connectivity index (χ0v) is 12.5. The van der Waals surface area contributed by atoms with Crippen molar-refractivity contribution in [3.05, 3.63) is 53.6 Å². The molecule has 3 N–H and O–H groups in total. The number of carbonyl (C=O) groups is 1. The topological polar surface area (TPSA) is 55.1 Å². The Labute approximate surface area is 123 Å². The van der Waals surface area contributed by atoms with Crippen LogP contribution in [0.2, 0.25) is 0 Å². The Balaban J connectivity index is 1.92. The number of nitrogen functional groups attached to an aromatic ring is 1. The minimum absolute atomic E-state index is 0.000486. The van der Waals surface area contributed by atoms with E-state index in [2.05, 4.69) is 5.32 Å². The van der Waals surface area contributed by atoms with E-state index in [0.717, 1.165) is 27.4 Å². The van der Waals surface area contributed by atoms with Crippen LogP contribution in [0.3, 0.4) is 0 Å². The molecule has 0 aromatic heterocycles. The van der Waals surface area contributed by atoms with Crippen molar-refractivity contribution >= 4 is 29.0 Å². The van der Waals surface area contributed by atoms with Crippen LogP contribution < -0.4 is 11.1 Å². The summed E-state index contributed by atoms with van der Waals surface area (Å²) in [6, 6.07) is 13.6. The highest BCUT2D eigenvalue weighted by molar-refractivity contribution is 8.00. The lowest BCUT2D eigenvalue weighted by molar-refractivity contribution is -0.113. The van der Waals surface area contributed by atoms with Gasteiger partial charge >= 0.3 is 0 Å². The van der Waals surface area contributed by atoms with Crippen molar-refractivity contribution in [3.63, 3.8) is 0 Å². The predicted molar refractivity (Wildman–Crippen MR) is 86.1 cm³/mol. The van der Waals surface area contributed by atoms with Gasteiger partial charge < -0.3 is 11.1 Å². The second kappa shape index (κ2) is 6.48. The summed E-state index contributed by atoms with van der Waals surface area (Å²) in [4.78, 5) is 13.0. The van der Waals surface area contributed by atoms with Crippen molar-refractivity contribution in [2.75, 3.05) is 16.8 Å². The maximum Gasteiger partial charge on any atom is 0.234 e. The molecule has 0 fully saturated rings. The molecule has 0 heterocycles. The largest absolute Gasteiger partial charge is 0.399 e. The predicted octanol–water partition coefficient (Wildman–Crippen LogP) is 3.62. The fourth-order valence-corrected chi connectivity index (χ4v) is 2.47. The lowest BCUT2D eigenvalue weighted by Crippen LogP contribution is -2.14. The number of nitrogens with two attached hydrogens (primary N) is 1. The van der Waals surface area contributed by atoms with Crippen molar-refractivity contribution in [3.8, 4) is 0 Å². The fraction of sp³-hybridized carbons (Fsp3) is 0.188. The summed E-state index contributed by atoms with van der Waals surface area (Å²) >= 11 is 1.50. The summed E-state index contributed by atoms with van der Waals surface area (Å²) in [5, 5.41) is 2.95. The van der Waals surface area contributed by atoms with E-state index in [1.54, 1.807) is 0 Å².